The number of aliphatic hydroxyl groups is 1. The number of hydrogen-bond acceptors (Lipinski definition) is 2. The number of hydrogen-bond donors (Lipinski definition) is 1. The maximum atomic E-state index is 9.92. The summed E-state index contributed by atoms with van der Waals surface area (Å²) in [5, 5.41) is 9.92. The van der Waals surface area contributed by atoms with Gasteiger partial charge in [-0.1, -0.05) is 31.2 Å². The van der Waals surface area contributed by atoms with Crippen LogP contribution in [0.2, 0.25) is 0 Å². The topological polar surface area (TPSA) is 23.5 Å². The van der Waals surface area contributed by atoms with Gasteiger partial charge in [-0.15, -0.1) is 0 Å². The van der Waals surface area contributed by atoms with Crippen molar-refractivity contribution < 1.29 is 5.11 Å². The van der Waals surface area contributed by atoms with E-state index in [0.717, 1.165) is 12.0 Å². The summed E-state index contributed by atoms with van der Waals surface area (Å²) in [7, 11) is 4.11. The minimum atomic E-state index is -0.344. The second-order valence-corrected chi connectivity index (χ2v) is 4.19. The van der Waals surface area contributed by atoms with Crippen LogP contribution < -0.4 is 0 Å². The van der Waals surface area contributed by atoms with Crippen molar-refractivity contribution in [2.75, 3.05) is 14.1 Å². The molecule has 15 heavy (non-hydrogen) atoms. The first-order chi connectivity index (χ1) is 7.07. The lowest BCUT2D eigenvalue weighted by atomic mass is 9.96. The van der Waals surface area contributed by atoms with Crippen LogP contribution in [-0.4, -0.2) is 24.1 Å². The van der Waals surface area contributed by atoms with Crippen molar-refractivity contribution in [2.24, 2.45) is 0 Å². The molecule has 0 amide bonds. The van der Waals surface area contributed by atoms with Crippen molar-refractivity contribution in [3.05, 3.63) is 35.4 Å². The average molecular weight is 207 g/mol. The minimum Gasteiger partial charge on any atom is -0.388 e. The van der Waals surface area contributed by atoms with Crippen LogP contribution >= 0.6 is 0 Å². The van der Waals surface area contributed by atoms with E-state index in [1.807, 2.05) is 25.1 Å². The van der Waals surface area contributed by atoms with E-state index >= 15 is 0 Å². The Balaban J connectivity index is 3.06. The van der Waals surface area contributed by atoms with Crippen LogP contribution in [0.15, 0.2) is 24.3 Å². The molecule has 0 spiro atoms. The molecule has 1 unspecified atom stereocenters. The maximum absolute atomic E-state index is 9.92. The van der Waals surface area contributed by atoms with Gasteiger partial charge in [0.15, 0.2) is 0 Å². The summed E-state index contributed by atoms with van der Waals surface area (Å²) < 4.78 is 0. The summed E-state index contributed by atoms with van der Waals surface area (Å²) in [5.74, 6) is 0. The van der Waals surface area contributed by atoms with E-state index in [4.69, 9.17) is 0 Å². The summed E-state index contributed by atoms with van der Waals surface area (Å²) in [4.78, 5) is 2.15. The Morgan fingerprint density at radius 3 is 2.20 bits per heavy atom. The van der Waals surface area contributed by atoms with Crippen molar-refractivity contribution >= 4 is 0 Å². The van der Waals surface area contributed by atoms with E-state index < -0.39 is 0 Å². The first-order valence-corrected chi connectivity index (χ1v) is 5.51. The van der Waals surface area contributed by atoms with Crippen LogP contribution in [0, 0.1) is 0 Å². The highest BCUT2D eigenvalue weighted by Gasteiger charge is 2.15. The fourth-order valence-electron chi connectivity index (χ4n) is 1.69. The Morgan fingerprint density at radius 2 is 1.73 bits per heavy atom. The maximum Gasteiger partial charge on any atom is 0.0790 e. The van der Waals surface area contributed by atoms with Gasteiger partial charge in [-0.05, 0) is 38.6 Å². The normalized spacial score (nSPS) is 15.3. The quantitative estimate of drug-likeness (QED) is 0.820. The third kappa shape index (κ3) is 2.80. The van der Waals surface area contributed by atoms with Gasteiger partial charge in [0.05, 0.1) is 6.10 Å². The Labute approximate surface area is 92.5 Å². The zero-order valence-electron chi connectivity index (χ0n) is 10.1. The summed E-state index contributed by atoms with van der Waals surface area (Å²) in [6.07, 6.45) is 0.417. The predicted molar refractivity (Wildman–Crippen MR) is 63.8 cm³/mol. The van der Waals surface area contributed by atoms with Gasteiger partial charge in [-0.25, -0.2) is 0 Å². The molecule has 0 aliphatic heterocycles. The molecule has 1 aromatic rings. The van der Waals surface area contributed by atoms with Gasteiger partial charge in [0.25, 0.3) is 0 Å². The summed E-state index contributed by atoms with van der Waals surface area (Å²) >= 11 is 0. The lowest BCUT2D eigenvalue weighted by molar-refractivity contribution is 0.170. The number of rotatable bonds is 4. The molecule has 84 valence electrons. The third-order valence-electron chi connectivity index (χ3n) is 2.97. The molecule has 0 fully saturated rings. The molecule has 0 heterocycles. The van der Waals surface area contributed by atoms with Gasteiger partial charge >= 0.3 is 0 Å². The van der Waals surface area contributed by atoms with Gasteiger partial charge in [0.1, 0.15) is 0 Å². The Morgan fingerprint density at radius 1 is 1.20 bits per heavy atom. The zero-order chi connectivity index (χ0) is 11.4. The molecule has 0 aliphatic carbocycles. The van der Waals surface area contributed by atoms with Gasteiger partial charge in [-0.2, -0.15) is 0 Å². The van der Waals surface area contributed by atoms with Crippen LogP contribution in [-0.2, 0) is 0 Å². The van der Waals surface area contributed by atoms with Gasteiger partial charge < -0.3 is 10.0 Å². The van der Waals surface area contributed by atoms with Gasteiger partial charge in [0.2, 0.25) is 0 Å². The van der Waals surface area contributed by atoms with Crippen LogP contribution in [0.5, 0.6) is 0 Å². The largest absolute Gasteiger partial charge is 0.388 e. The molecule has 1 aromatic carbocycles. The third-order valence-corrected chi connectivity index (χ3v) is 2.97. The Kier molecular flexibility index (Phi) is 4.30. The standard InChI is InChI=1S/C13H21NO/c1-5-13(15)12-9-7-6-8-11(12)10(2)14(3)4/h6-10,13,15H,5H2,1-4H3/t10-,13?/m1/s1. The highest BCUT2D eigenvalue weighted by atomic mass is 16.3. The minimum absolute atomic E-state index is 0.336. The van der Waals surface area contributed by atoms with Crippen LogP contribution in [0.25, 0.3) is 0 Å². The fourth-order valence-corrected chi connectivity index (χ4v) is 1.69. The van der Waals surface area contributed by atoms with Crippen molar-refractivity contribution in [3.8, 4) is 0 Å². The van der Waals surface area contributed by atoms with E-state index in [9.17, 15) is 5.11 Å². The predicted octanol–water partition coefficient (Wildman–Crippen LogP) is 2.75. The van der Waals surface area contributed by atoms with Crippen LogP contribution in [0.4, 0.5) is 0 Å². The highest BCUT2D eigenvalue weighted by molar-refractivity contribution is 5.31. The summed E-state index contributed by atoms with van der Waals surface area (Å²) in [5.41, 5.74) is 2.28. The second kappa shape index (κ2) is 5.29. The molecule has 0 saturated carbocycles. The van der Waals surface area contributed by atoms with Crippen molar-refractivity contribution in [2.45, 2.75) is 32.4 Å². The van der Waals surface area contributed by atoms with Gasteiger partial charge in [-0.3, -0.25) is 0 Å². The van der Waals surface area contributed by atoms with Crippen LogP contribution in [0.3, 0.4) is 0 Å². The first-order valence-electron chi connectivity index (χ1n) is 5.51. The molecule has 2 nitrogen and oxygen atoms in total. The Bertz CT molecular complexity index is 309. The molecule has 0 bridgehead atoms. The molecule has 0 radical (unpaired) electrons. The van der Waals surface area contributed by atoms with Gasteiger partial charge in [0, 0.05) is 6.04 Å². The molecule has 1 N–H and O–H groups in total. The van der Waals surface area contributed by atoms with Crippen molar-refractivity contribution in [3.63, 3.8) is 0 Å². The zero-order valence-corrected chi connectivity index (χ0v) is 10.1. The molecule has 0 aliphatic rings. The van der Waals surface area contributed by atoms with E-state index in [-0.39, 0.29) is 6.10 Å². The molecule has 0 saturated heterocycles. The number of benzene rings is 1. The molecular formula is C13H21NO. The summed E-state index contributed by atoms with van der Waals surface area (Å²) in [6.45, 7) is 4.16. The van der Waals surface area contributed by atoms with Crippen molar-refractivity contribution in [1.29, 1.82) is 0 Å². The second-order valence-electron chi connectivity index (χ2n) is 4.19. The average Bonchev–Trinajstić information content (AvgIpc) is 2.27. The van der Waals surface area contributed by atoms with E-state index in [0.29, 0.717) is 6.04 Å². The molecule has 2 atom stereocenters. The lowest BCUT2D eigenvalue weighted by Gasteiger charge is -2.24. The fraction of sp³-hybridized carbons (Fsp3) is 0.538. The number of aliphatic hydroxyl groups excluding tert-OH is 1. The summed E-state index contributed by atoms with van der Waals surface area (Å²) in [6, 6.07) is 8.46. The first kappa shape index (κ1) is 12.2. The lowest BCUT2D eigenvalue weighted by Crippen LogP contribution is -2.18. The molecule has 1 rings (SSSR count). The number of nitrogens with zero attached hydrogens (tertiary/aromatic N) is 1. The molecule has 2 heteroatoms. The van der Waals surface area contributed by atoms with E-state index in [2.05, 4.69) is 32.0 Å². The van der Waals surface area contributed by atoms with Crippen molar-refractivity contribution in [1.82, 2.24) is 4.90 Å². The highest BCUT2D eigenvalue weighted by Crippen LogP contribution is 2.27. The van der Waals surface area contributed by atoms with Crippen LogP contribution in [0.1, 0.15) is 43.5 Å². The monoisotopic (exact) mass is 207 g/mol. The van der Waals surface area contributed by atoms with E-state index in [1.54, 1.807) is 0 Å². The molecular weight excluding hydrogens is 186 g/mol. The van der Waals surface area contributed by atoms with E-state index in [1.165, 1.54) is 5.56 Å². The smallest absolute Gasteiger partial charge is 0.0790 e. The molecule has 0 aromatic heterocycles. The SMILES string of the molecule is CCC(O)c1ccccc1[C@@H](C)N(C)C. The Hall–Kier alpha value is -0.860.